The lowest BCUT2D eigenvalue weighted by molar-refractivity contribution is -0.447. The zero-order valence-corrected chi connectivity index (χ0v) is 58.2. The first kappa shape index (κ1) is 72.8. The summed E-state index contributed by atoms with van der Waals surface area (Å²) in [6, 6.07) is 0. The molecule has 35 atom stereocenters. The van der Waals surface area contributed by atoms with Crippen LogP contribution in [0.1, 0.15) is 153 Å². The molecule has 4 N–H and O–H groups in total. The minimum Gasteiger partial charge on any atom is -0.493 e. The van der Waals surface area contributed by atoms with Crippen molar-refractivity contribution in [1.82, 2.24) is 0 Å². The van der Waals surface area contributed by atoms with Crippen LogP contribution >= 0.6 is 0 Å². The lowest BCUT2D eigenvalue weighted by Gasteiger charge is -2.59. The number of hydrogen-bond donors (Lipinski definition) is 4. The largest absolute Gasteiger partial charge is 0.493 e. The van der Waals surface area contributed by atoms with E-state index in [1.807, 2.05) is 34.6 Å². The molecule has 8 aliphatic heterocycles. The standard InChI is InChI=1S/C69H110O26/c1-32-24-46(75-11)56(72)64(82-32)89-41-18-21-66(9)40(25-41)16-17-42-43(66)19-22-67(10)44(42)20-23-68(67,74)39(8)88-52-29-49-62(37(6)86-52)95-69(81-31-80-49)30-50(78-14)61(38(7)94-69)92-54-27-47(76-12)59(35(4)84-54)91-51-26-45(70)58(34(3)83-51)90-53-28-48(77-13)60(36(5)85-53)93-65-57(73)63(79-15)55(71)33(2)87-65/h16,24,32-39,41-45,47-55,57-65,70-71,73-74H,17-23,25-31H2,1-15H3/t32-,33-,34-,35-,36-,37-,38-,39+,41+,42-,43+,44+,45-,47+,48+,49-,50-,51+,52+,53+,54+,55+,57-,58-,59-,60-,61-,62-,63+,64+,65+,66+,67+,68+,69-/m1/s1. The highest BCUT2D eigenvalue weighted by Gasteiger charge is 2.66. The Kier molecular flexibility index (Phi) is 22.5. The van der Waals surface area contributed by atoms with E-state index in [-0.39, 0.29) is 60.6 Å². The van der Waals surface area contributed by atoms with Crippen LogP contribution in [0.5, 0.6) is 0 Å². The van der Waals surface area contributed by atoms with Crippen molar-refractivity contribution in [2.45, 2.75) is 336 Å². The highest BCUT2D eigenvalue weighted by molar-refractivity contribution is 5.96. The van der Waals surface area contributed by atoms with Crippen LogP contribution in [0.3, 0.4) is 0 Å². The minimum atomic E-state index is -1.56. The van der Waals surface area contributed by atoms with Gasteiger partial charge in [-0.1, -0.05) is 25.5 Å². The van der Waals surface area contributed by atoms with Gasteiger partial charge in [-0.25, -0.2) is 0 Å². The lowest BCUT2D eigenvalue weighted by Crippen LogP contribution is -2.62. The molecule has 8 heterocycles. The first-order valence-corrected chi connectivity index (χ1v) is 35.1. The van der Waals surface area contributed by atoms with E-state index in [1.54, 1.807) is 48.2 Å². The molecule has 26 heteroatoms. The summed E-state index contributed by atoms with van der Waals surface area (Å²) in [5, 5.41) is 46.0. The van der Waals surface area contributed by atoms with Crippen LogP contribution in [0.25, 0.3) is 0 Å². The maximum absolute atomic E-state index is 13.1. The Morgan fingerprint density at radius 1 is 0.600 bits per heavy atom. The van der Waals surface area contributed by atoms with Crippen molar-refractivity contribution in [3.63, 3.8) is 0 Å². The Balaban J connectivity index is 0.603. The molecule has 0 aromatic rings. The number of rotatable bonds is 18. The van der Waals surface area contributed by atoms with E-state index < -0.39 is 171 Å². The number of carbonyl (C=O) groups excluding carboxylic acids is 1. The van der Waals surface area contributed by atoms with E-state index in [4.69, 9.17) is 99.5 Å². The summed E-state index contributed by atoms with van der Waals surface area (Å²) in [7, 11) is 7.68. The summed E-state index contributed by atoms with van der Waals surface area (Å²) in [5.41, 5.74) is -0.0157. The highest BCUT2D eigenvalue weighted by atomic mass is 16.9. The number of hydrogen-bond acceptors (Lipinski definition) is 26. The van der Waals surface area contributed by atoms with Crippen LogP contribution in [-0.4, -0.2) is 252 Å². The molecule has 26 nitrogen and oxygen atoms in total. The van der Waals surface area contributed by atoms with Gasteiger partial charge in [-0.15, -0.1) is 0 Å². The maximum atomic E-state index is 13.1. The molecule has 4 aliphatic carbocycles. The van der Waals surface area contributed by atoms with E-state index in [0.29, 0.717) is 37.0 Å². The fourth-order valence-corrected chi connectivity index (χ4v) is 18.9. The van der Waals surface area contributed by atoms with Crippen molar-refractivity contribution in [3.8, 4) is 0 Å². The quantitative estimate of drug-likeness (QED) is 0.123. The molecule has 95 heavy (non-hydrogen) atoms. The summed E-state index contributed by atoms with van der Waals surface area (Å²) in [6.07, 6.45) is -6.88. The van der Waals surface area contributed by atoms with Crippen molar-refractivity contribution < 1.29 is 125 Å². The summed E-state index contributed by atoms with van der Waals surface area (Å²) in [5.74, 6) is -0.311. The maximum Gasteiger partial charge on any atom is 0.288 e. The normalized spacial score (nSPS) is 52.3. The minimum absolute atomic E-state index is 0.0147. The molecule has 3 saturated carbocycles. The number of fused-ring (bicyclic) bond motifs is 6. The van der Waals surface area contributed by atoms with Gasteiger partial charge in [0.25, 0.3) is 11.8 Å². The van der Waals surface area contributed by atoms with Crippen molar-refractivity contribution in [1.29, 1.82) is 0 Å². The molecule has 12 aliphatic rings. The molecule has 1 spiro atoms. The number of ether oxygens (including phenoxy) is 21. The second-order valence-electron chi connectivity index (χ2n) is 29.7. The molecular formula is C69H110O26. The fourth-order valence-electron chi connectivity index (χ4n) is 18.9. The first-order valence-electron chi connectivity index (χ1n) is 35.1. The predicted octanol–water partition coefficient (Wildman–Crippen LogP) is 5.50. The van der Waals surface area contributed by atoms with Gasteiger partial charge in [-0.05, 0) is 136 Å². The molecule has 0 aromatic carbocycles. The summed E-state index contributed by atoms with van der Waals surface area (Å²) in [6.45, 7) is 19.5. The molecule has 0 bridgehead atoms. The van der Waals surface area contributed by atoms with Gasteiger partial charge in [0, 0.05) is 59.5 Å². The van der Waals surface area contributed by atoms with Crippen molar-refractivity contribution in [3.05, 3.63) is 23.5 Å². The lowest BCUT2D eigenvalue weighted by atomic mass is 9.46. The van der Waals surface area contributed by atoms with E-state index in [9.17, 15) is 25.2 Å². The Bertz CT molecular complexity index is 2640. The third-order valence-electron chi connectivity index (χ3n) is 24.2. The van der Waals surface area contributed by atoms with Crippen LogP contribution in [-0.2, 0) is 104 Å². The Hall–Kier alpha value is -2.01. The molecule has 542 valence electrons. The number of ketones is 1. The molecule has 7 saturated heterocycles. The smallest absolute Gasteiger partial charge is 0.288 e. The second-order valence-corrected chi connectivity index (χ2v) is 29.7. The molecule has 0 unspecified atom stereocenters. The molecule has 10 fully saturated rings. The third kappa shape index (κ3) is 14.1. The van der Waals surface area contributed by atoms with Crippen LogP contribution in [0.15, 0.2) is 23.5 Å². The molecular weight excluding hydrogens is 1240 g/mol. The van der Waals surface area contributed by atoms with Crippen LogP contribution < -0.4 is 0 Å². The number of methoxy groups -OCH3 is 5. The number of Topliss-reactive ketones (excluding diaryl/α,β-unsaturated/α-hetero) is 1. The Labute approximate surface area is 559 Å². The van der Waals surface area contributed by atoms with Gasteiger partial charge in [0.05, 0.1) is 105 Å². The Morgan fingerprint density at radius 3 is 1.87 bits per heavy atom. The van der Waals surface area contributed by atoms with Crippen molar-refractivity contribution in [2.24, 2.45) is 28.6 Å². The second kappa shape index (κ2) is 29.4. The average Bonchev–Trinajstić information content (AvgIpc) is 1.62. The number of aliphatic hydroxyl groups excluding tert-OH is 3. The average molecular weight is 1360 g/mol. The number of aliphatic hydroxyl groups is 4. The van der Waals surface area contributed by atoms with Gasteiger partial charge in [0.1, 0.15) is 48.8 Å². The van der Waals surface area contributed by atoms with E-state index in [0.717, 1.165) is 44.9 Å². The zero-order chi connectivity index (χ0) is 67.8. The molecule has 0 aromatic heterocycles. The molecule has 0 amide bonds. The van der Waals surface area contributed by atoms with Crippen molar-refractivity contribution in [2.75, 3.05) is 42.3 Å². The van der Waals surface area contributed by atoms with Gasteiger partial charge in [-0.3, -0.25) is 4.79 Å². The molecule has 12 rings (SSSR count). The van der Waals surface area contributed by atoms with Gasteiger partial charge in [0.15, 0.2) is 44.0 Å². The topological polar surface area (TPSA) is 292 Å². The zero-order valence-electron chi connectivity index (χ0n) is 58.2. The SMILES string of the molecule is COC1=C[C@@H](C)O[C@@H](O[C@H]2CC[C@@]3(C)C(=CC[C@@H]4[C@@H]3CC[C@@]3(C)[C@H]4CC[C@]3(O)[C@H](C)O[C@H]3C[C@H]4OCO[C@@]5(C[C@@H](OC)[C@H](O[C@H]6C[C@H](OC)[C@H](O[C@H]7C[C@@H](O)[C@H](O[C@H]8C[C@H](OC)[C@H](O[C@@H]9O[C@H](C)[C@H](O)[C@H](OC)[C@H]9O)[C@@H](C)O8)[C@@H](C)O7)[C@@H](C)O6)[C@@H](C)O5)O[C@@H]4[C@@H](C)O3)C2)C1=O. The summed E-state index contributed by atoms with van der Waals surface area (Å²) in [4.78, 5) is 13.1. The van der Waals surface area contributed by atoms with Crippen LogP contribution in [0.4, 0.5) is 0 Å². The van der Waals surface area contributed by atoms with Crippen molar-refractivity contribution >= 4 is 5.78 Å². The van der Waals surface area contributed by atoms with Crippen LogP contribution in [0, 0.1) is 28.6 Å². The third-order valence-corrected chi connectivity index (χ3v) is 24.2. The first-order chi connectivity index (χ1) is 45.3. The van der Waals surface area contributed by atoms with E-state index in [2.05, 4.69) is 19.9 Å². The molecule has 0 radical (unpaired) electrons. The number of carbonyl (C=O) groups is 1. The van der Waals surface area contributed by atoms with E-state index >= 15 is 0 Å². The highest BCUT2D eigenvalue weighted by Crippen LogP contribution is 2.68. The Morgan fingerprint density at radius 2 is 1.22 bits per heavy atom. The monoisotopic (exact) mass is 1350 g/mol. The van der Waals surface area contributed by atoms with Crippen LogP contribution in [0.2, 0.25) is 0 Å². The summed E-state index contributed by atoms with van der Waals surface area (Å²) < 4.78 is 132. The van der Waals surface area contributed by atoms with Gasteiger partial charge in [-0.2, -0.15) is 0 Å². The number of allylic oxidation sites excluding steroid dienone is 1. The van der Waals surface area contributed by atoms with Gasteiger partial charge >= 0.3 is 0 Å². The van der Waals surface area contributed by atoms with Gasteiger partial charge < -0.3 is 120 Å². The predicted molar refractivity (Wildman–Crippen MR) is 331 cm³/mol. The van der Waals surface area contributed by atoms with E-state index in [1.165, 1.54) is 19.8 Å². The summed E-state index contributed by atoms with van der Waals surface area (Å²) >= 11 is 0. The fraction of sp³-hybridized carbons (Fsp3) is 0.928. The van der Waals surface area contributed by atoms with Gasteiger partial charge in [0.2, 0.25) is 6.29 Å².